The number of fused-ring (bicyclic) bond motifs is 6. The summed E-state index contributed by atoms with van der Waals surface area (Å²) in [7, 11) is 1.76. The highest BCUT2D eigenvalue weighted by molar-refractivity contribution is 9.10. The minimum Gasteiger partial charge on any atom is -0.497 e. The lowest BCUT2D eigenvalue weighted by Crippen LogP contribution is -2.30. The number of hydrogen-bond donors (Lipinski definition) is 1. The lowest BCUT2D eigenvalue weighted by Gasteiger charge is -2.36. The molecule has 2 aliphatic rings. The van der Waals surface area contributed by atoms with Crippen molar-refractivity contribution in [2.45, 2.75) is 37.5 Å². The molecule has 0 saturated heterocycles. The molecule has 1 N–H and O–H groups in total. The minimum atomic E-state index is 0.142. The Bertz CT molecular complexity index is 950. The molecule has 1 aromatic heterocycles. The molecule has 2 aromatic carbocycles. The Kier molecular flexibility index (Phi) is 3.12. The number of benzene rings is 2. The van der Waals surface area contributed by atoms with Gasteiger partial charge in [0.2, 0.25) is 0 Å². The van der Waals surface area contributed by atoms with E-state index in [1.807, 2.05) is 0 Å². The quantitative estimate of drug-likeness (QED) is 0.574. The number of nitrogens with one attached hydrogen (secondary N) is 1. The monoisotopic (exact) mass is 381 g/mol. The summed E-state index contributed by atoms with van der Waals surface area (Å²) in [6.07, 6.45) is 6.07. The number of ether oxygens (including phenoxy) is 1. The number of halogens is 1. The molecule has 3 heteroatoms. The van der Waals surface area contributed by atoms with Gasteiger partial charge in [-0.05, 0) is 53.8 Å². The van der Waals surface area contributed by atoms with Crippen molar-refractivity contribution < 1.29 is 4.74 Å². The third-order valence-electron chi connectivity index (χ3n) is 6.00. The standard InChI is InChI=1S/C21H20BrNO/c1-24-15-6-4-13-10-17-16-7-5-14(22)11-19(16)23-20(17)21(18(13)12-15)8-2-3-9-21/h4-7,11-12,23H,2-3,8-10H2,1H3. The third-order valence-corrected chi connectivity index (χ3v) is 6.50. The molecule has 3 aromatic rings. The molecule has 0 bridgehead atoms. The van der Waals surface area contributed by atoms with Crippen molar-refractivity contribution in [3.8, 4) is 5.75 Å². The van der Waals surface area contributed by atoms with E-state index in [4.69, 9.17) is 4.74 Å². The molecule has 122 valence electrons. The van der Waals surface area contributed by atoms with Crippen LogP contribution in [0.5, 0.6) is 5.75 Å². The summed E-state index contributed by atoms with van der Waals surface area (Å²) in [5.41, 5.74) is 7.29. The molecule has 5 rings (SSSR count). The van der Waals surface area contributed by atoms with Gasteiger partial charge >= 0.3 is 0 Å². The van der Waals surface area contributed by atoms with E-state index >= 15 is 0 Å². The number of rotatable bonds is 1. The summed E-state index contributed by atoms with van der Waals surface area (Å²) in [5, 5.41) is 1.38. The maximum absolute atomic E-state index is 5.53. The van der Waals surface area contributed by atoms with Gasteiger partial charge in [-0.25, -0.2) is 0 Å². The summed E-state index contributed by atoms with van der Waals surface area (Å²) in [6.45, 7) is 0. The highest BCUT2D eigenvalue weighted by Gasteiger charge is 2.44. The fourth-order valence-electron chi connectivity index (χ4n) is 4.93. The third kappa shape index (κ3) is 1.88. The van der Waals surface area contributed by atoms with Gasteiger partial charge in [0.15, 0.2) is 0 Å². The van der Waals surface area contributed by atoms with Crippen molar-refractivity contribution in [3.63, 3.8) is 0 Å². The van der Waals surface area contributed by atoms with Crippen molar-refractivity contribution in [2.75, 3.05) is 7.11 Å². The molecule has 0 unspecified atom stereocenters. The Hall–Kier alpha value is -1.74. The van der Waals surface area contributed by atoms with Gasteiger partial charge in [-0.3, -0.25) is 0 Å². The minimum absolute atomic E-state index is 0.142. The largest absolute Gasteiger partial charge is 0.497 e. The number of aromatic nitrogens is 1. The van der Waals surface area contributed by atoms with E-state index in [0.29, 0.717) is 0 Å². The Morgan fingerprint density at radius 1 is 1.08 bits per heavy atom. The van der Waals surface area contributed by atoms with Gasteiger partial charge in [-0.1, -0.05) is 40.9 Å². The molecule has 1 spiro atoms. The average molecular weight is 382 g/mol. The van der Waals surface area contributed by atoms with Crippen molar-refractivity contribution in [3.05, 3.63) is 63.3 Å². The van der Waals surface area contributed by atoms with Gasteiger partial charge in [-0.2, -0.15) is 0 Å². The second-order valence-electron chi connectivity index (χ2n) is 7.16. The van der Waals surface area contributed by atoms with E-state index in [1.54, 1.807) is 7.11 Å². The maximum Gasteiger partial charge on any atom is 0.119 e. The van der Waals surface area contributed by atoms with Gasteiger partial charge in [0.05, 0.1) is 7.11 Å². The van der Waals surface area contributed by atoms with Crippen LogP contribution in [0.3, 0.4) is 0 Å². The molecular weight excluding hydrogens is 362 g/mol. The first kappa shape index (κ1) is 14.6. The van der Waals surface area contributed by atoms with E-state index in [2.05, 4.69) is 57.3 Å². The Labute approximate surface area is 150 Å². The van der Waals surface area contributed by atoms with E-state index < -0.39 is 0 Å². The lowest BCUT2D eigenvalue weighted by molar-refractivity contribution is 0.410. The summed E-state index contributed by atoms with van der Waals surface area (Å²) in [5.74, 6) is 0.974. The van der Waals surface area contributed by atoms with Crippen molar-refractivity contribution in [1.82, 2.24) is 4.98 Å². The lowest BCUT2D eigenvalue weighted by atomic mass is 9.68. The van der Waals surface area contributed by atoms with Crippen LogP contribution in [-0.4, -0.2) is 12.1 Å². The fraction of sp³-hybridized carbons (Fsp3) is 0.333. The van der Waals surface area contributed by atoms with Crippen LogP contribution in [0.2, 0.25) is 0 Å². The smallest absolute Gasteiger partial charge is 0.119 e. The van der Waals surface area contributed by atoms with Gasteiger partial charge in [0, 0.05) is 32.9 Å². The molecule has 2 nitrogen and oxygen atoms in total. The molecule has 2 aliphatic carbocycles. The van der Waals surface area contributed by atoms with Crippen LogP contribution in [-0.2, 0) is 11.8 Å². The SMILES string of the molecule is COc1ccc2c(c1)C1(CCCC1)c1[nH]c3cc(Br)ccc3c1C2. The zero-order valence-electron chi connectivity index (χ0n) is 13.8. The summed E-state index contributed by atoms with van der Waals surface area (Å²) >= 11 is 3.61. The van der Waals surface area contributed by atoms with Crippen LogP contribution in [0, 0.1) is 0 Å². The molecule has 0 aliphatic heterocycles. The highest BCUT2D eigenvalue weighted by Crippen LogP contribution is 2.53. The molecule has 0 amide bonds. The summed E-state index contributed by atoms with van der Waals surface area (Å²) in [6, 6.07) is 13.3. The first-order chi connectivity index (χ1) is 11.7. The molecule has 24 heavy (non-hydrogen) atoms. The Balaban J connectivity index is 1.82. The zero-order valence-corrected chi connectivity index (χ0v) is 15.4. The van der Waals surface area contributed by atoms with Gasteiger partial charge < -0.3 is 9.72 Å². The van der Waals surface area contributed by atoms with Gasteiger partial charge in [-0.15, -0.1) is 0 Å². The van der Waals surface area contributed by atoms with Crippen LogP contribution in [0.4, 0.5) is 0 Å². The van der Waals surface area contributed by atoms with E-state index in [9.17, 15) is 0 Å². The van der Waals surface area contributed by atoms with Crippen LogP contribution in [0.15, 0.2) is 40.9 Å². The number of hydrogen-bond acceptors (Lipinski definition) is 1. The van der Waals surface area contributed by atoms with E-state index in [-0.39, 0.29) is 5.41 Å². The van der Waals surface area contributed by atoms with E-state index in [0.717, 1.165) is 16.6 Å². The number of H-pyrrole nitrogens is 1. The normalized spacial score (nSPS) is 17.9. The van der Waals surface area contributed by atoms with Crippen molar-refractivity contribution in [2.24, 2.45) is 0 Å². The topological polar surface area (TPSA) is 25.0 Å². The van der Waals surface area contributed by atoms with Crippen LogP contribution in [0.1, 0.15) is 48.1 Å². The second kappa shape index (κ2) is 5.13. The van der Waals surface area contributed by atoms with Gasteiger partial charge in [0.1, 0.15) is 5.75 Å². The van der Waals surface area contributed by atoms with Crippen molar-refractivity contribution in [1.29, 1.82) is 0 Å². The average Bonchev–Trinajstić information content (AvgIpc) is 3.21. The van der Waals surface area contributed by atoms with Crippen LogP contribution < -0.4 is 4.74 Å². The Morgan fingerprint density at radius 3 is 2.71 bits per heavy atom. The second-order valence-corrected chi connectivity index (χ2v) is 8.07. The van der Waals surface area contributed by atoms with E-state index in [1.165, 1.54) is 59.0 Å². The maximum atomic E-state index is 5.53. The van der Waals surface area contributed by atoms with Crippen LogP contribution >= 0.6 is 15.9 Å². The molecular formula is C21H20BrNO. The summed E-state index contributed by atoms with van der Waals surface area (Å²) in [4.78, 5) is 3.80. The molecule has 0 radical (unpaired) electrons. The predicted molar refractivity (Wildman–Crippen MR) is 101 cm³/mol. The molecule has 1 heterocycles. The predicted octanol–water partition coefficient (Wildman–Crippen LogP) is 5.70. The van der Waals surface area contributed by atoms with Crippen molar-refractivity contribution >= 4 is 26.8 Å². The first-order valence-electron chi connectivity index (χ1n) is 8.69. The molecule has 0 atom stereocenters. The highest BCUT2D eigenvalue weighted by atomic mass is 79.9. The van der Waals surface area contributed by atoms with Gasteiger partial charge in [0.25, 0.3) is 0 Å². The number of aromatic amines is 1. The molecule has 1 saturated carbocycles. The summed E-state index contributed by atoms with van der Waals surface area (Å²) < 4.78 is 6.66. The Morgan fingerprint density at radius 2 is 1.92 bits per heavy atom. The first-order valence-corrected chi connectivity index (χ1v) is 9.48. The fourth-order valence-corrected chi connectivity index (χ4v) is 5.29. The number of methoxy groups -OCH3 is 1. The molecule has 1 fully saturated rings. The zero-order chi connectivity index (χ0) is 16.3. The van der Waals surface area contributed by atoms with Crippen LogP contribution in [0.25, 0.3) is 10.9 Å².